The third-order valence-electron chi connectivity index (χ3n) is 2.13. The number of hydrogen-bond acceptors (Lipinski definition) is 4. The Labute approximate surface area is 88.5 Å². The van der Waals surface area contributed by atoms with Crippen molar-refractivity contribution in [3.63, 3.8) is 0 Å². The van der Waals surface area contributed by atoms with Crippen molar-refractivity contribution in [3.8, 4) is 0 Å². The van der Waals surface area contributed by atoms with E-state index in [1.807, 2.05) is 0 Å². The summed E-state index contributed by atoms with van der Waals surface area (Å²) in [5, 5.41) is 5.72. The number of ether oxygens (including phenoxy) is 1. The van der Waals surface area contributed by atoms with Crippen LogP contribution in [0.15, 0.2) is 0 Å². The fourth-order valence-corrected chi connectivity index (χ4v) is 1.43. The Morgan fingerprint density at radius 1 is 1.67 bits per heavy atom. The Balaban J connectivity index is 2.30. The molecule has 1 aliphatic heterocycles. The summed E-state index contributed by atoms with van der Waals surface area (Å²) in [5.41, 5.74) is 5.02. The second kappa shape index (κ2) is 5.67. The van der Waals surface area contributed by atoms with Crippen LogP contribution in [0.2, 0.25) is 0 Å². The lowest BCUT2D eigenvalue weighted by Gasteiger charge is -2.24. The summed E-state index contributed by atoms with van der Waals surface area (Å²) in [6.45, 7) is 3.41. The number of rotatable bonds is 4. The monoisotopic (exact) mass is 215 g/mol. The summed E-state index contributed by atoms with van der Waals surface area (Å²) in [4.78, 5) is 22.2. The predicted octanol–water partition coefficient (Wildman–Crippen LogP) is -1.65. The average Bonchev–Trinajstić information content (AvgIpc) is 2.17. The highest BCUT2D eigenvalue weighted by molar-refractivity contribution is 5.83. The van der Waals surface area contributed by atoms with Gasteiger partial charge in [-0.05, 0) is 6.92 Å². The molecule has 86 valence electrons. The summed E-state index contributed by atoms with van der Waals surface area (Å²) in [5.74, 6) is -0.570. The molecule has 0 aromatic carbocycles. The number of nitrogens with two attached hydrogens (primary N) is 1. The average molecular weight is 215 g/mol. The van der Waals surface area contributed by atoms with Gasteiger partial charge >= 0.3 is 0 Å². The van der Waals surface area contributed by atoms with E-state index < -0.39 is 5.91 Å². The molecule has 0 aromatic rings. The van der Waals surface area contributed by atoms with Gasteiger partial charge in [0.25, 0.3) is 0 Å². The van der Waals surface area contributed by atoms with E-state index in [0.717, 1.165) is 0 Å². The number of nitrogens with one attached hydrogen (secondary N) is 2. The van der Waals surface area contributed by atoms with Crippen LogP contribution in [0.5, 0.6) is 0 Å². The van der Waals surface area contributed by atoms with E-state index in [2.05, 4.69) is 10.6 Å². The van der Waals surface area contributed by atoms with Gasteiger partial charge in [-0.25, -0.2) is 0 Å². The fraction of sp³-hybridized carbons (Fsp3) is 0.778. The number of carbonyl (C=O) groups excluding carboxylic acids is 2. The minimum Gasteiger partial charge on any atom is -0.378 e. The normalized spacial score (nSPS) is 23.1. The first-order valence-corrected chi connectivity index (χ1v) is 4.99. The molecular formula is C9H17N3O3. The molecule has 2 atom stereocenters. The van der Waals surface area contributed by atoms with Crippen LogP contribution in [0.25, 0.3) is 0 Å². The SMILES string of the molecule is CC(CC(N)=O)NC(=O)C1COCCN1. The van der Waals surface area contributed by atoms with Crippen molar-refractivity contribution in [1.29, 1.82) is 0 Å². The first kappa shape index (κ1) is 11.9. The van der Waals surface area contributed by atoms with Crippen molar-refractivity contribution in [2.75, 3.05) is 19.8 Å². The van der Waals surface area contributed by atoms with Gasteiger partial charge in [0.15, 0.2) is 0 Å². The molecular weight excluding hydrogens is 198 g/mol. The van der Waals surface area contributed by atoms with Crippen LogP contribution in [0.1, 0.15) is 13.3 Å². The Bertz CT molecular complexity index is 239. The zero-order valence-electron chi connectivity index (χ0n) is 8.79. The molecule has 1 fully saturated rings. The van der Waals surface area contributed by atoms with Crippen LogP contribution in [0, 0.1) is 0 Å². The number of primary amides is 1. The maximum Gasteiger partial charge on any atom is 0.239 e. The van der Waals surface area contributed by atoms with Crippen molar-refractivity contribution in [3.05, 3.63) is 0 Å². The molecule has 6 heteroatoms. The largest absolute Gasteiger partial charge is 0.378 e. The first-order valence-electron chi connectivity index (χ1n) is 4.99. The number of carbonyl (C=O) groups is 2. The van der Waals surface area contributed by atoms with Gasteiger partial charge in [0, 0.05) is 19.0 Å². The lowest BCUT2D eigenvalue weighted by Crippen LogP contribution is -2.53. The minimum absolute atomic E-state index is 0.150. The molecule has 2 unspecified atom stereocenters. The first-order chi connectivity index (χ1) is 7.09. The van der Waals surface area contributed by atoms with Gasteiger partial charge in [0.05, 0.1) is 13.2 Å². The second-order valence-corrected chi connectivity index (χ2v) is 3.66. The second-order valence-electron chi connectivity index (χ2n) is 3.66. The molecule has 6 nitrogen and oxygen atoms in total. The molecule has 0 bridgehead atoms. The maximum absolute atomic E-state index is 11.6. The van der Waals surface area contributed by atoms with Gasteiger partial charge in [-0.2, -0.15) is 0 Å². The van der Waals surface area contributed by atoms with Crippen LogP contribution in [-0.2, 0) is 14.3 Å². The van der Waals surface area contributed by atoms with Crippen LogP contribution in [0.4, 0.5) is 0 Å². The van der Waals surface area contributed by atoms with Crippen molar-refractivity contribution in [2.24, 2.45) is 5.73 Å². The minimum atomic E-state index is -0.421. The quantitative estimate of drug-likeness (QED) is 0.524. The van der Waals surface area contributed by atoms with Crippen molar-refractivity contribution in [2.45, 2.75) is 25.4 Å². The molecule has 1 saturated heterocycles. The molecule has 2 amide bonds. The summed E-state index contributed by atoms with van der Waals surface area (Å²) in [6, 6.07) is -0.562. The summed E-state index contributed by atoms with van der Waals surface area (Å²) < 4.78 is 5.15. The van der Waals surface area contributed by atoms with Crippen molar-refractivity contribution in [1.82, 2.24) is 10.6 Å². The molecule has 1 aliphatic rings. The third kappa shape index (κ3) is 4.26. The van der Waals surface area contributed by atoms with Crippen molar-refractivity contribution >= 4 is 11.8 Å². The van der Waals surface area contributed by atoms with Crippen LogP contribution >= 0.6 is 0 Å². The van der Waals surface area contributed by atoms with E-state index in [1.54, 1.807) is 6.92 Å². The fourth-order valence-electron chi connectivity index (χ4n) is 1.43. The highest BCUT2D eigenvalue weighted by atomic mass is 16.5. The summed E-state index contributed by atoms with van der Waals surface area (Å²) >= 11 is 0. The molecule has 0 radical (unpaired) electrons. The smallest absolute Gasteiger partial charge is 0.239 e. The van der Waals surface area contributed by atoms with E-state index >= 15 is 0 Å². The van der Waals surface area contributed by atoms with Gasteiger partial charge in [0.2, 0.25) is 11.8 Å². The van der Waals surface area contributed by atoms with E-state index in [-0.39, 0.29) is 24.4 Å². The molecule has 0 saturated carbocycles. The Morgan fingerprint density at radius 3 is 2.93 bits per heavy atom. The number of morpholine rings is 1. The van der Waals surface area contributed by atoms with Crippen LogP contribution in [-0.4, -0.2) is 43.7 Å². The molecule has 0 aromatic heterocycles. The lowest BCUT2D eigenvalue weighted by molar-refractivity contribution is -0.126. The van der Waals surface area contributed by atoms with Gasteiger partial charge in [-0.1, -0.05) is 0 Å². The van der Waals surface area contributed by atoms with Gasteiger partial charge < -0.3 is 21.1 Å². The third-order valence-corrected chi connectivity index (χ3v) is 2.13. The zero-order chi connectivity index (χ0) is 11.3. The van der Waals surface area contributed by atoms with Gasteiger partial charge in [-0.3, -0.25) is 9.59 Å². The van der Waals surface area contributed by atoms with Gasteiger partial charge in [-0.15, -0.1) is 0 Å². The number of hydrogen-bond donors (Lipinski definition) is 3. The lowest BCUT2D eigenvalue weighted by atomic mass is 10.2. The Kier molecular flexibility index (Phi) is 4.51. The van der Waals surface area contributed by atoms with E-state index in [1.165, 1.54) is 0 Å². The molecule has 1 rings (SSSR count). The molecule has 0 spiro atoms. The Hall–Kier alpha value is -1.14. The van der Waals surface area contributed by atoms with Crippen LogP contribution in [0.3, 0.4) is 0 Å². The van der Waals surface area contributed by atoms with E-state index in [4.69, 9.17) is 10.5 Å². The van der Waals surface area contributed by atoms with Gasteiger partial charge in [0.1, 0.15) is 6.04 Å². The zero-order valence-corrected chi connectivity index (χ0v) is 8.79. The predicted molar refractivity (Wildman–Crippen MR) is 54.0 cm³/mol. The molecule has 15 heavy (non-hydrogen) atoms. The molecule has 1 heterocycles. The molecule has 4 N–H and O–H groups in total. The number of amides is 2. The highest BCUT2D eigenvalue weighted by Crippen LogP contribution is 1.95. The van der Waals surface area contributed by atoms with E-state index in [9.17, 15) is 9.59 Å². The highest BCUT2D eigenvalue weighted by Gasteiger charge is 2.22. The summed E-state index contributed by atoms with van der Waals surface area (Å²) in [6.07, 6.45) is 0.152. The topological polar surface area (TPSA) is 93.5 Å². The van der Waals surface area contributed by atoms with Crippen LogP contribution < -0.4 is 16.4 Å². The maximum atomic E-state index is 11.6. The Morgan fingerprint density at radius 2 is 2.40 bits per heavy atom. The standard InChI is InChI=1S/C9H17N3O3/c1-6(4-8(10)13)12-9(14)7-5-15-3-2-11-7/h6-7,11H,2-5H2,1H3,(H2,10,13)(H,12,14). The molecule has 0 aliphatic carbocycles. The summed E-state index contributed by atoms with van der Waals surface area (Å²) in [7, 11) is 0. The van der Waals surface area contributed by atoms with E-state index in [0.29, 0.717) is 19.8 Å². The van der Waals surface area contributed by atoms with Crippen molar-refractivity contribution < 1.29 is 14.3 Å².